The molecule has 130 valence electrons. The van der Waals surface area contributed by atoms with Crippen LogP contribution in [-0.2, 0) is 0 Å². The molecule has 1 amide bonds. The van der Waals surface area contributed by atoms with Gasteiger partial charge in [0.05, 0.1) is 0 Å². The third-order valence-electron chi connectivity index (χ3n) is 4.56. The fourth-order valence-electron chi connectivity index (χ4n) is 3.02. The highest BCUT2D eigenvalue weighted by Crippen LogP contribution is 2.23. The van der Waals surface area contributed by atoms with E-state index in [0.29, 0.717) is 23.9 Å². The second-order valence-electron chi connectivity index (χ2n) is 6.46. The molecule has 3 rings (SSSR count). The van der Waals surface area contributed by atoms with Crippen molar-refractivity contribution in [2.24, 2.45) is 11.7 Å². The van der Waals surface area contributed by atoms with Gasteiger partial charge < -0.3 is 15.2 Å². The number of halogens is 1. The lowest BCUT2D eigenvalue weighted by atomic mass is 9.92. The Bertz CT molecular complexity index is 682. The smallest absolute Gasteiger partial charge is 0.292 e. The SMILES string of the molecule is Cc1ccc(-c2cc(C(=O)N3CCCC(C(C)N)C3)on2)cc1.Cl. The first-order chi connectivity index (χ1) is 11.0. The standard InChI is InChI=1S/C18H23N3O2.ClH/c1-12-5-7-14(8-6-12)16-10-17(23-20-16)18(22)21-9-3-4-15(11-21)13(2)19;/h5-8,10,13,15H,3-4,9,11,19H2,1-2H3;1H. The Kier molecular flexibility index (Phi) is 6.02. The van der Waals surface area contributed by atoms with Crippen molar-refractivity contribution in [1.82, 2.24) is 10.1 Å². The third kappa shape index (κ3) is 3.97. The van der Waals surface area contributed by atoms with Crippen molar-refractivity contribution in [1.29, 1.82) is 0 Å². The summed E-state index contributed by atoms with van der Waals surface area (Å²) in [5.41, 5.74) is 8.81. The predicted molar refractivity (Wildman–Crippen MR) is 96.2 cm³/mol. The molecule has 1 aromatic heterocycles. The topological polar surface area (TPSA) is 72.4 Å². The molecule has 1 aromatic carbocycles. The molecule has 2 atom stereocenters. The minimum Gasteiger partial charge on any atom is -0.350 e. The van der Waals surface area contributed by atoms with Crippen LogP contribution in [0.5, 0.6) is 0 Å². The number of aromatic nitrogens is 1. The molecule has 2 N–H and O–H groups in total. The van der Waals surface area contributed by atoms with Crippen LogP contribution in [0.15, 0.2) is 34.9 Å². The Morgan fingerprint density at radius 2 is 2.08 bits per heavy atom. The zero-order chi connectivity index (χ0) is 16.4. The molecule has 0 spiro atoms. The van der Waals surface area contributed by atoms with E-state index in [4.69, 9.17) is 10.3 Å². The van der Waals surface area contributed by atoms with E-state index in [1.807, 2.05) is 43.0 Å². The van der Waals surface area contributed by atoms with Gasteiger partial charge in [-0.3, -0.25) is 4.79 Å². The molecule has 1 fully saturated rings. The number of nitrogens with two attached hydrogens (primary N) is 1. The van der Waals surface area contributed by atoms with Gasteiger partial charge in [-0.25, -0.2) is 0 Å². The van der Waals surface area contributed by atoms with Crippen molar-refractivity contribution in [2.75, 3.05) is 13.1 Å². The van der Waals surface area contributed by atoms with Crippen molar-refractivity contribution < 1.29 is 9.32 Å². The Labute approximate surface area is 148 Å². The van der Waals surface area contributed by atoms with Crippen molar-refractivity contribution >= 4 is 18.3 Å². The minimum atomic E-state index is -0.0961. The van der Waals surface area contributed by atoms with E-state index in [-0.39, 0.29) is 24.4 Å². The Balaban J connectivity index is 0.00000208. The first-order valence-electron chi connectivity index (χ1n) is 8.13. The number of hydrogen-bond donors (Lipinski definition) is 1. The molecule has 24 heavy (non-hydrogen) atoms. The van der Waals surface area contributed by atoms with Crippen LogP contribution in [-0.4, -0.2) is 35.1 Å². The van der Waals surface area contributed by atoms with Crippen molar-refractivity contribution in [3.05, 3.63) is 41.7 Å². The van der Waals surface area contributed by atoms with Crippen LogP contribution in [0.2, 0.25) is 0 Å². The normalized spacial score (nSPS) is 18.8. The van der Waals surface area contributed by atoms with Gasteiger partial charge in [0.25, 0.3) is 5.91 Å². The molecule has 6 heteroatoms. The van der Waals surface area contributed by atoms with Gasteiger partial charge in [-0.2, -0.15) is 0 Å². The van der Waals surface area contributed by atoms with E-state index < -0.39 is 0 Å². The van der Waals surface area contributed by atoms with Gasteiger partial charge in [0.2, 0.25) is 5.76 Å². The van der Waals surface area contributed by atoms with E-state index in [1.54, 1.807) is 6.07 Å². The number of benzene rings is 1. The molecule has 1 saturated heterocycles. The number of carbonyl (C=O) groups excluding carboxylic acids is 1. The Morgan fingerprint density at radius 3 is 2.75 bits per heavy atom. The summed E-state index contributed by atoms with van der Waals surface area (Å²) in [6.45, 7) is 5.48. The molecule has 0 aliphatic carbocycles. The van der Waals surface area contributed by atoms with Crippen molar-refractivity contribution in [3.63, 3.8) is 0 Å². The molecule has 0 saturated carbocycles. The van der Waals surface area contributed by atoms with Gasteiger partial charge >= 0.3 is 0 Å². The van der Waals surface area contributed by atoms with E-state index in [9.17, 15) is 4.79 Å². The molecule has 1 aliphatic heterocycles. The van der Waals surface area contributed by atoms with Gasteiger partial charge in [-0.05, 0) is 32.6 Å². The second-order valence-corrected chi connectivity index (χ2v) is 6.46. The summed E-state index contributed by atoms with van der Waals surface area (Å²) >= 11 is 0. The first kappa shape index (κ1) is 18.5. The lowest BCUT2D eigenvalue weighted by molar-refractivity contribution is 0.0619. The number of nitrogens with zero attached hydrogens (tertiary/aromatic N) is 2. The highest BCUT2D eigenvalue weighted by Gasteiger charge is 2.28. The maximum absolute atomic E-state index is 12.6. The summed E-state index contributed by atoms with van der Waals surface area (Å²) in [6, 6.07) is 9.82. The fourth-order valence-corrected chi connectivity index (χ4v) is 3.02. The van der Waals surface area contributed by atoms with Crippen LogP contribution >= 0.6 is 12.4 Å². The van der Waals surface area contributed by atoms with Crippen LogP contribution in [0.1, 0.15) is 35.9 Å². The molecular formula is C18H24ClN3O2. The lowest BCUT2D eigenvalue weighted by Crippen LogP contribution is -2.44. The molecule has 2 unspecified atom stereocenters. The predicted octanol–water partition coefficient (Wildman–Crippen LogP) is 3.27. The van der Waals surface area contributed by atoms with Gasteiger partial charge in [-0.15, -0.1) is 12.4 Å². The van der Waals surface area contributed by atoms with Crippen LogP contribution in [0.25, 0.3) is 11.3 Å². The molecule has 0 radical (unpaired) electrons. The molecule has 1 aliphatic rings. The minimum absolute atomic E-state index is 0. The molecule has 5 nitrogen and oxygen atoms in total. The number of aryl methyl sites for hydroxylation is 1. The van der Waals surface area contributed by atoms with E-state index in [0.717, 1.165) is 24.9 Å². The summed E-state index contributed by atoms with van der Waals surface area (Å²) < 4.78 is 5.29. The Hall–Kier alpha value is -1.85. The van der Waals surface area contributed by atoms with E-state index in [2.05, 4.69) is 5.16 Å². The highest BCUT2D eigenvalue weighted by molar-refractivity contribution is 5.92. The lowest BCUT2D eigenvalue weighted by Gasteiger charge is -2.34. The van der Waals surface area contributed by atoms with Crippen LogP contribution in [0.4, 0.5) is 0 Å². The zero-order valence-corrected chi connectivity index (χ0v) is 14.9. The summed E-state index contributed by atoms with van der Waals surface area (Å²) in [4.78, 5) is 14.4. The number of amides is 1. The third-order valence-corrected chi connectivity index (χ3v) is 4.56. The summed E-state index contributed by atoms with van der Waals surface area (Å²) in [6.07, 6.45) is 2.06. The average molecular weight is 350 g/mol. The molecule has 2 heterocycles. The number of rotatable bonds is 3. The van der Waals surface area contributed by atoms with Gasteiger partial charge in [0, 0.05) is 30.8 Å². The average Bonchev–Trinajstić information content (AvgIpc) is 3.05. The van der Waals surface area contributed by atoms with Crippen LogP contribution in [0.3, 0.4) is 0 Å². The highest BCUT2D eigenvalue weighted by atomic mass is 35.5. The van der Waals surface area contributed by atoms with Crippen molar-refractivity contribution in [2.45, 2.75) is 32.7 Å². The van der Waals surface area contributed by atoms with E-state index in [1.165, 1.54) is 5.56 Å². The quantitative estimate of drug-likeness (QED) is 0.923. The maximum atomic E-state index is 12.6. The first-order valence-corrected chi connectivity index (χ1v) is 8.13. The van der Waals surface area contributed by atoms with Gasteiger partial charge in [-0.1, -0.05) is 35.0 Å². The summed E-state index contributed by atoms with van der Waals surface area (Å²) in [7, 11) is 0. The zero-order valence-electron chi connectivity index (χ0n) is 14.1. The largest absolute Gasteiger partial charge is 0.350 e. The van der Waals surface area contributed by atoms with Gasteiger partial charge in [0.15, 0.2) is 0 Å². The van der Waals surface area contributed by atoms with Crippen LogP contribution < -0.4 is 5.73 Å². The second kappa shape index (κ2) is 7.81. The molecular weight excluding hydrogens is 326 g/mol. The van der Waals surface area contributed by atoms with Crippen molar-refractivity contribution in [3.8, 4) is 11.3 Å². The summed E-state index contributed by atoms with van der Waals surface area (Å²) in [5.74, 6) is 0.555. The number of carbonyl (C=O) groups is 1. The summed E-state index contributed by atoms with van der Waals surface area (Å²) in [5, 5.41) is 4.04. The fraction of sp³-hybridized carbons (Fsp3) is 0.444. The van der Waals surface area contributed by atoms with Gasteiger partial charge in [0.1, 0.15) is 5.69 Å². The Morgan fingerprint density at radius 1 is 1.38 bits per heavy atom. The maximum Gasteiger partial charge on any atom is 0.292 e. The number of likely N-dealkylation sites (tertiary alicyclic amines) is 1. The number of hydrogen-bond acceptors (Lipinski definition) is 4. The van der Waals surface area contributed by atoms with Crippen LogP contribution in [0, 0.1) is 12.8 Å². The monoisotopic (exact) mass is 349 g/mol. The molecule has 0 bridgehead atoms. The number of piperidine rings is 1. The van der Waals surface area contributed by atoms with E-state index >= 15 is 0 Å². The molecule has 2 aromatic rings.